The molecule has 0 aromatic rings. The molecule has 0 aromatic carbocycles. The molecule has 0 amide bonds. The molecule has 2 rings (SSSR count). The molecule has 2 aliphatic rings. The van der Waals surface area contributed by atoms with Gasteiger partial charge in [-0.2, -0.15) is 11.8 Å². The van der Waals surface area contributed by atoms with Crippen molar-refractivity contribution >= 4 is 11.8 Å². The Hall–Kier alpha value is -0.110. The molecular weight excluding hydrogens is 216 g/mol. The van der Waals surface area contributed by atoms with Crippen LogP contribution in [0.2, 0.25) is 0 Å². The first-order valence-electron chi connectivity index (χ1n) is 6.86. The van der Waals surface area contributed by atoms with Gasteiger partial charge in [0.15, 0.2) is 0 Å². The Balaban J connectivity index is 1.65. The number of rotatable bonds is 3. The van der Waals surface area contributed by atoms with Crippen LogP contribution in [0.15, 0.2) is 11.8 Å². The van der Waals surface area contributed by atoms with Gasteiger partial charge in [-0.1, -0.05) is 19.3 Å². The molecule has 0 radical (unpaired) electrons. The smallest absolute Gasteiger partial charge is 0.0991 e. The van der Waals surface area contributed by atoms with Crippen LogP contribution in [0.25, 0.3) is 0 Å². The van der Waals surface area contributed by atoms with Crippen LogP contribution in [-0.4, -0.2) is 17.6 Å². The Labute approximate surface area is 104 Å². The lowest BCUT2D eigenvalue weighted by Gasteiger charge is -2.16. The van der Waals surface area contributed by atoms with E-state index in [2.05, 4.69) is 18.0 Å². The molecule has 1 saturated heterocycles. The first kappa shape index (κ1) is 12.3. The molecule has 0 N–H and O–H groups in total. The van der Waals surface area contributed by atoms with Gasteiger partial charge < -0.3 is 4.74 Å². The van der Waals surface area contributed by atoms with Crippen molar-refractivity contribution in [2.45, 2.75) is 63.0 Å². The maximum Gasteiger partial charge on any atom is 0.0991 e. The number of hydrogen-bond acceptors (Lipinski definition) is 2. The van der Waals surface area contributed by atoms with Gasteiger partial charge >= 0.3 is 0 Å². The van der Waals surface area contributed by atoms with Gasteiger partial charge in [0.05, 0.1) is 12.9 Å². The molecule has 1 nitrogen and oxygen atoms in total. The average Bonchev–Trinajstić information content (AvgIpc) is 2.59. The summed E-state index contributed by atoms with van der Waals surface area (Å²) in [6.07, 6.45) is 14.4. The second-order valence-corrected chi connectivity index (χ2v) is 6.42. The van der Waals surface area contributed by atoms with Crippen molar-refractivity contribution in [3.05, 3.63) is 11.8 Å². The maximum absolute atomic E-state index is 5.79. The van der Waals surface area contributed by atoms with Gasteiger partial charge in [0.25, 0.3) is 0 Å². The minimum atomic E-state index is 0.753. The fourth-order valence-electron chi connectivity index (χ4n) is 2.51. The molecule has 1 aliphatic heterocycles. The van der Waals surface area contributed by atoms with E-state index in [1.54, 1.807) is 5.57 Å². The quantitative estimate of drug-likeness (QED) is 0.670. The third-order valence-electron chi connectivity index (χ3n) is 3.55. The number of hydrogen-bond donors (Lipinski definition) is 0. The number of allylic oxidation sites excluding steroid dienone is 1. The van der Waals surface area contributed by atoms with Gasteiger partial charge in [-0.3, -0.25) is 0 Å². The monoisotopic (exact) mass is 240 g/mol. The molecule has 2 heteroatoms. The van der Waals surface area contributed by atoms with E-state index in [1.807, 2.05) is 0 Å². The van der Waals surface area contributed by atoms with Crippen molar-refractivity contribution in [3.8, 4) is 0 Å². The molecule has 16 heavy (non-hydrogen) atoms. The van der Waals surface area contributed by atoms with Crippen molar-refractivity contribution in [2.24, 2.45) is 0 Å². The van der Waals surface area contributed by atoms with Crippen LogP contribution < -0.4 is 0 Å². The molecule has 0 spiro atoms. The summed E-state index contributed by atoms with van der Waals surface area (Å²) in [6.45, 7) is 0.939. The van der Waals surface area contributed by atoms with Crippen molar-refractivity contribution in [1.82, 2.24) is 0 Å². The highest BCUT2D eigenvalue weighted by Crippen LogP contribution is 2.26. The van der Waals surface area contributed by atoms with Crippen LogP contribution in [0, 0.1) is 0 Å². The highest BCUT2D eigenvalue weighted by Gasteiger charge is 2.13. The zero-order valence-electron chi connectivity index (χ0n) is 10.2. The molecular formula is C14H24OS. The third kappa shape index (κ3) is 4.40. The van der Waals surface area contributed by atoms with E-state index in [4.69, 9.17) is 4.74 Å². The Morgan fingerprint density at radius 1 is 1.06 bits per heavy atom. The predicted molar refractivity (Wildman–Crippen MR) is 71.8 cm³/mol. The zero-order chi connectivity index (χ0) is 11.1. The lowest BCUT2D eigenvalue weighted by atomic mass is 9.96. The van der Waals surface area contributed by atoms with Gasteiger partial charge in [0.2, 0.25) is 0 Å². The summed E-state index contributed by atoms with van der Waals surface area (Å²) in [6, 6.07) is 0. The standard InChI is InChI=1S/C14H24OS/c1-3-7-13(8-4-1)11-15-12-14-9-5-2-6-10-16-14/h11,14H,1-10,12H2. The first-order chi connectivity index (χ1) is 7.95. The highest BCUT2D eigenvalue weighted by atomic mass is 32.2. The van der Waals surface area contributed by atoms with Crippen molar-refractivity contribution < 1.29 is 4.74 Å². The van der Waals surface area contributed by atoms with Gasteiger partial charge in [-0.05, 0) is 49.9 Å². The van der Waals surface area contributed by atoms with Crippen LogP contribution in [-0.2, 0) is 4.74 Å². The van der Waals surface area contributed by atoms with Gasteiger partial charge in [-0.25, -0.2) is 0 Å². The van der Waals surface area contributed by atoms with Crippen LogP contribution in [0.3, 0.4) is 0 Å². The second-order valence-electron chi connectivity index (χ2n) is 5.01. The van der Waals surface area contributed by atoms with E-state index < -0.39 is 0 Å². The maximum atomic E-state index is 5.79. The lowest BCUT2D eigenvalue weighted by molar-refractivity contribution is 0.240. The Morgan fingerprint density at radius 3 is 2.75 bits per heavy atom. The summed E-state index contributed by atoms with van der Waals surface area (Å²) in [5.41, 5.74) is 1.55. The van der Waals surface area contributed by atoms with Crippen molar-refractivity contribution in [1.29, 1.82) is 0 Å². The van der Waals surface area contributed by atoms with E-state index in [0.29, 0.717) is 0 Å². The van der Waals surface area contributed by atoms with Crippen molar-refractivity contribution in [2.75, 3.05) is 12.4 Å². The lowest BCUT2D eigenvalue weighted by Crippen LogP contribution is -2.09. The van der Waals surface area contributed by atoms with E-state index in [-0.39, 0.29) is 0 Å². The van der Waals surface area contributed by atoms with E-state index in [0.717, 1.165) is 11.9 Å². The fourth-order valence-corrected chi connectivity index (χ4v) is 3.72. The normalized spacial score (nSPS) is 27.2. The van der Waals surface area contributed by atoms with Gasteiger partial charge in [-0.15, -0.1) is 0 Å². The Bertz CT molecular complexity index is 209. The second kappa shape index (κ2) is 7.26. The minimum absolute atomic E-state index is 0.753. The Morgan fingerprint density at radius 2 is 1.88 bits per heavy atom. The van der Waals surface area contributed by atoms with E-state index in [1.165, 1.54) is 63.5 Å². The minimum Gasteiger partial charge on any atom is -0.500 e. The van der Waals surface area contributed by atoms with Gasteiger partial charge in [0, 0.05) is 5.25 Å². The molecule has 1 heterocycles. The Kier molecular flexibility index (Phi) is 5.60. The molecule has 0 bridgehead atoms. The van der Waals surface area contributed by atoms with Gasteiger partial charge in [0.1, 0.15) is 0 Å². The molecule has 1 aliphatic carbocycles. The third-order valence-corrected chi connectivity index (χ3v) is 4.92. The summed E-state index contributed by atoms with van der Waals surface area (Å²) < 4.78 is 5.79. The van der Waals surface area contributed by atoms with Crippen LogP contribution in [0.1, 0.15) is 57.8 Å². The number of ether oxygens (including phenoxy) is 1. The van der Waals surface area contributed by atoms with E-state index in [9.17, 15) is 0 Å². The zero-order valence-corrected chi connectivity index (χ0v) is 11.1. The predicted octanol–water partition coefficient (Wildman–Crippen LogP) is 4.53. The SMILES string of the molecule is C(OCC1CCCCCS1)=C1CCCCC1. The molecule has 1 atom stereocenters. The molecule has 2 fully saturated rings. The molecule has 1 saturated carbocycles. The van der Waals surface area contributed by atoms with Crippen LogP contribution >= 0.6 is 11.8 Å². The highest BCUT2D eigenvalue weighted by molar-refractivity contribution is 7.99. The first-order valence-corrected chi connectivity index (χ1v) is 7.91. The summed E-state index contributed by atoms with van der Waals surface area (Å²) in [4.78, 5) is 0. The van der Waals surface area contributed by atoms with E-state index >= 15 is 0 Å². The summed E-state index contributed by atoms with van der Waals surface area (Å²) in [5, 5.41) is 0.753. The summed E-state index contributed by atoms with van der Waals surface area (Å²) in [5.74, 6) is 1.34. The van der Waals surface area contributed by atoms with Crippen LogP contribution in [0.4, 0.5) is 0 Å². The largest absolute Gasteiger partial charge is 0.500 e. The molecule has 92 valence electrons. The number of thioether (sulfide) groups is 1. The topological polar surface area (TPSA) is 9.23 Å². The molecule has 1 unspecified atom stereocenters. The van der Waals surface area contributed by atoms with Crippen LogP contribution in [0.5, 0.6) is 0 Å². The summed E-state index contributed by atoms with van der Waals surface area (Å²) in [7, 11) is 0. The summed E-state index contributed by atoms with van der Waals surface area (Å²) >= 11 is 2.12. The van der Waals surface area contributed by atoms with Crippen molar-refractivity contribution in [3.63, 3.8) is 0 Å². The fraction of sp³-hybridized carbons (Fsp3) is 0.857. The average molecular weight is 240 g/mol. The molecule has 0 aromatic heterocycles.